The molecular formula is C45H33N9S2. The van der Waals surface area contributed by atoms with Crippen LogP contribution in [0.2, 0.25) is 0 Å². The number of fused-ring (bicyclic) bond motifs is 2. The van der Waals surface area contributed by atoms with E-state index in [2.05, 4.69) is 113 Å². The third-order valence-electron chi connectivity index (χ3n) is 9.07. The van der Waals surface area contributed by atoms with Gasteiger partial charge in [-0.25, -0.2) is 29.9 Å². The minimum absolute atomic E-state index is 0.649. The Kier molecular flexibility index (Phi) is 9.75. The molecule has 2 N–H and O–H groups in total. The summed E-state index contributed by atoms with van der Waals surface area (Å²) in [6, 6.07) is 45.6. The second kappa shape index (κ2) is 15.6. The first-order valence-electron chi connectivity index (χ1n) is 17.9. The van der Waals surface area contributed by atoms with Crippen molar-refractivity contribution < 1.29 is 0 Å². The molecule has 5 aromatic heterocycles. The lowest BCUT2D eigenvalue weighted by Gasteiger charge is -2.15. The summed E-state index contributed by atoms with van der Waals surface area (Å²) < 4.78 is 0. The van der Waals surface area contributed by atoms with Crippen LogP contribution in [-0.2, 0) is 0 Å². The fourth-order valence-corrected chi connectivity index (χ4v) is 8.07. The summed E-state index contributed by atoms with van der Waals surface area (Å²) in [5.41, 5.74) is 8.77. The van der Waals surface area contributed by atoms with Gasteiger partial charge in [0.1, 0.15) is 24.3 Å². The summed E-state index contributed by atoms with van der Waals surface area (Å²) in [5, 5.41) is 8.92. The summed E-state index contributed by atoms with van der Waals surface area (Å²) in [7, 11) is 0. The molecule has 0 saturated carbocycles. The molecule has 0 spiro atoms. The lowest BCUT2D eigenvalue weighted by atomic mass is 10.0. The number of nitrogens with zero attached hydrogens (tertiary/aromatic N) is 7. The molecule has 270 valence electrons. The first-order chi connectivity index (χ1) is 27.5. The summed E-state index contributed by atoms with van der Waals surface area (Å²) in [6.45, 7) is 3.92. The minimum atomic E-state index is 0.649. The van der Waals surface area contributed by atoms with Gasteiger partial charge in [0.15, 0.2) is 11.3 Å². The maximum atomic E-state index is 4.98. The molecule has 0 unspecified atom stereocenters. The topological polar surface area (TPSA) is 114 Å². The van der Waals surface area contributed by atoms with Crippen LogP contribution < -0.4 is 10.6 Å². The zero-order valence-electron chi connectivity index (χ0n) is 30.4. The van der Waals surface area contributed by atoms with Crippen LogP contribution in [0.5, 0.6) is 0 Å². The standard InChI is InChI=1S/C45H33N9S2/c1-28-13-18-35-42(51-28)47-26-49-44(35)53-38-23-30(16-21-40(38)55-33-9-5-3-6-10-33)32-15-20-37(46-25-32)31-17-22-41(56-34-11-7-4-8-12-34)39(24-31)54-45-36-19-14-29(2)52-43(36)48-27-50-45/h3-27H,1-2H3,(H,47,49,51,53)(H,48,50,52,54). The zero-order valence-corrected chi connectivity index (χ0v) is 32.0. The molecule has 9 nitrogen and oxygen atoms in total. The van der Waals surface area contributed by atoms with Crippen molar-refractivity contribution >= 4 is 68.6 Å². The Labute approximate surface area is 332 Å². The maximum absolute atomic E-state index is 4.98. The van der Waals surface area contributed by atoms with Gasteiger partial charge < -0.3 is 10.6 Å². The summed E-state index contributed by atoms with van der Waals surface area (Å²) in [4.78, 5) is 36.6. The highest BCUT2D eigenvalue weighted by molar-refractivity contribution is 7.99. The third kappa shape index (κ3) is 7.63. The van der Waals surface area contributed by atoms with Gasteiger partial charge in [0, 0.05) is 48.3 Å². The molecule has 4 aromatic carbocycles. The van der Waals surface area contributed by atoms with Crippen molar-refractivity contribution in [2.45, 2.75) is 33.4 Å². The fraction of sp³-hybridized carbons (Fsp3) is 0.0444. The predicted octanol–water partition coefficient (Wildman–Crippen LogP) is 11.5. The van der Waals surface area contributed by atoms with E-state index in [1.165, 1.54) is 0 Å². The molecule has 5 heterocycles. The van der Waals surface area contributed by atoms with Gasteiger partial charge in [-0.15, -0.1) is 0 Å². The van der Waals surface area contributed by atoms with Crippen molar-refractivity contribution in [3.8, 4) is 22.4 Å². The normalized spacial score (nSPS) is 11.2. The van der Waals surface area contributed by atoms with Gasteiger partial charge in [-0.05, 0) is 98.3 Å². The monoisotopic (exact) mass is 763 g/mol. The molecule has 0 aliphatic carbocycles. The van der Waals surface area contributed by atoms with Gasteiger partial charge >= 0.3 is 0 Å². The highest BCUT2D eigenvalue weighted by atomic mass is 32.2. The number of hydrogen-bond donors (Lipinski definition) is 2. The van der Waals surface area contributed by atoms with E-state index in [9.17, 15) is 0 Å². The smallest absolute Gasteiger partial charge is 0.164 e. The first-order valence-corrected chi connectivity index (χ1v) is 19.6. The molecule has 0 atom stereocenters. The van der Waals surface area contributed by atoms with E-state index >= 15 is 0 Å². The number of hydrogen-bond acceptors (Lipinski definition) is 11. The third-order valence-corrected chi connectivity index (χ3v) is 11.2. The predicted molar refractivity (Wildman–Crippen MR) is 227 cm³/mol. The molecule has 0 aliphatic rings. The van der Waals surface area contributed by atoms with Crippen molar-refractivity contribution in [3.63, 3.8) is 0 Å². The first kappa shape index (κ1) is 35.0. The van der Waals surface area contributed by atoms with Gasteiger partial charge in [-0.2, -0.15) is 0 Å². The van der Waals surface area contributed by atoms with Gasteiger partial charge in [0.05, 0.1) is 27.8 Å². The molecule has 0 amide bonds. The van der Waals surface area contributed by atoms with Crippen molar-refractivity contribution in [2.24, 2.45) is 0 Å². The molecule has 0 radical (unpaired) electrons. The Bertz CT molecular complexity index is 2640. The maximum Gasteiger partial charge on any atom is 0.164 e. The fourth-order valence-electron chi connectivity index (χ4n) is 6.27. The number of aromatic nitrogens is 7. The van der Waals surface area contributed by atoms with Crippen molar-refractivity contribution in [1.82, 2.24) is 34.9 Å². The highest BCUT2D eigenvalue weighted by Crippen LogP contribution is 2.40. The number of pyridine rings is 3. The molecule has 9 aromatic rings. The van der Waals surface area contributed by atoms with Crippen molar-refractivity contribution in [2.75, 3.05) is 10.6 Å². The molecular weight excluding hydrogens is 731 g/mol. The van der Waals surface area contributed by atoms with E-state index in [0.717, 1.165) is 75.5 Å². The number of nitrogens with one attached hydrogen (secondary N) is 2. The highest BCUT2D eigenvalue weighted by Gasteiger charge is 2.15. The Balaban J connectivity index is 1.05. The Morgan fingerprint density at radius 1 is 0.446 bits per heavy atom. The van der Waals surface area contributed by atoms with Gasteiger partial charge in [-0.1, -0.05) is 78.1 Å². The van der Waals surface area contributed by atoms with Crippen molar-refractivity contribution in [3.05, 3.63) is 164 Å². The molecule has 0 fully saturated rings. The Morgan fingerprint density at radius 3 is 1.46 bits per heavy atom. The van der Waals surface area contributed by atoms with Crippen molar-refractivity contribution in [1.29, 1.82) is 0 Å². The van der Waals surface area contributed by atoms with E-state index < -0.39 is 0 Å². The Hall–Kier alpha value is -6.69. The van der Waals surface area contributed by atoms with Crippen LogP contribution in [0.1, 0.15) is 11.4 Å². The summed E-state index contributed by atoms with van der Waals surface area (Å²) >= 11 is 3.38. The van der Waals surface area contributed by atoms with Crippen LogP contribution in [-0.4, -0.2) is 34.9 Å². The second-order valence-corrected chi connectivity index (χ2v) is 15.3. The van der Waals surface area contributed by atoms with Gasteiger partial charge in [0.25, 0.3) is 0 Å². The quantitative estimate of drug-likeness (QED) is 0.139. The van der Waals surface area contributed by atoms with E-state index in [-0.39, 0.29) is 0 Å². The number of rotatable bonds is 10. The number of aryl methyl sites for hydroxylation is 2. The molecule has 0 saturated heterocycles. The average molecular weight is 764 g/mol. The van der Waals surface area contributed by atoms with Gasteiger partial charge in [-0.3, -0.25) is 4.98 Å². The zero-order chi connectivity index (χ0) is 37.8. The number of benzene rings is 4. The average Bonchev–Trinajstić information content (AvgIpc) is 3.23. The lowest BCUT2D eigenvalue weighted by molar-refractivity contribution is 1.15. The molecule has 0 bridgehead atoms. The van der Waals surface area contributed by atoms with Crippen LogP contribution in [0.25, 0.3) is 44.5 Å². The largest absolute Gasteiger partial charge is 0.339 e. The lowest BCUT2D eigenvalue weighted by Crippen LogP contribution is -2.00. The summed E-state index contributed by atoms with van der Waals surface area (Å²) in [5.74, 6) is 1.39. The molecule has 56 heavy (non-hydrogen) atoms. The second-order valence-electron chi connectivity index (χ2n) is 13.0. The Morgan fingerprint density at radius 2 is 0.946 bits per heavy atom. The molecule has 0 aliphatic heterocycles. The summed E-state index contributed by atoms with van der Waals surface area (Å²) in [6.07, 6.45) is 5.03. The van der Waals surface area contributed by atoms with Crippen LogP contribution in [0.4, 0.5) is 23.0 Å². The van der Waals surface area contributed by atoms with Crippen LogP contribution in [0.15, 0.2) is 172 Å². The minimum Gasteiger partial charge on any atom is -0.339 e. The van der Waals surface area contributed by atoms with E-state index in [0.29, 0.717) is 22.9 Å². The van der Waals surface area contributed by atoms with Crippen LogP contribution >= 0.6 is 23.5 Å². The van der Waals surface area contributed by atoms with Crippen LogP contribution in [0.3, 0.4) is 0 Å². The molecule has 9 rings (SSSR count). The van der Waals surface area contributed by atoms with E-state index in [1.54, 1.807) is 36.2 Å². The number of anilines is 4. The van der Waals surface area contributed by atoms with E-state index in [4.69, 9.17) is 4.98 Å². The van der Waals surface area contributed by atoms with Gasteiger partial charge in [0.2, 0.25) is 0 Å². The van der Waals surface area contributed by atoms with Crippen LogP contribution in [0, 0.1) is 13.8 Å². The SMILES string of the molecule is Cc1ccc2c(Nc3cc(-c4ccc(-c5ccc(Sc6ccccc6)c(Nc6ncnc7nc(C)ccc67)c5)nc4)ccc3Sc3ccccc3)ncnc2n1. The van der Waals surface area contributed by atoms with E-state index in [1.807, 2.05) is 80.7 Å². The molecule has 11 heteroatoms.